The summed E-state index contributed by atoms with van der Waals surface area (Å²) in [6.45, 7) is 20.1. The van der Waals surface area contributed by atoms with E-state index in [0.29, 0.717) is 81.9 Å². The van der Waals surface area contributed by atoms with E-state index < -0.39 is 132 Å². The molecule has 36 nitrogen and oxygen atoms in total. The summed E-state index contributed by atoms with van der Waals surface area (Å²) in [7, 11) is 6.06. The van der Waals surface area contributed by atoms with Crippen LogP contribution in [-0.2, 0) is 78.1 Å². The van der Waals surface area contributed by atoms with Gasteiger partial charge >= 0.3 is 12.1 Å². The third-order valence-corrected chi connectivity index (χ3v) is 19.6. The summed E-state index contributed by atoms with van der Waals surface area (Å²) < 4.78 is 39.2. The van der Waals surface area contributed by atoms with E-state index in [0.717, 1.165) is 9.91 Å². The van der Waals surface area contributed by atoms with Crippen LogP contribution in [0.3, 0.4) is 0 Å². The summed E-state index contributed by atoms with van der Waals surface area (Å²) in [4.78, 5) is 141. The highest BCUT2D eigenvalue weighted by Gasteiger charge is 2.44. The van der Waals surface area contributed by atoms with Crippen molar-refractivity contribution in [2.24, 2.45) is 52.6 Å². The molecule has 3 rings (SSSR count). The maximum Gasteiger partial charge on any atom is 0.410 e. The van der Waals surface area contributed by atoms with Gasteiger partial charge in [0.25, 0.3) is 0 Å². The Kier molecular flexibility index (Phi) is 46.2. The molecule has 113 heavy (non-hydrogen) atoms. The van der Waals surface area contributed by atoms with Crippen LogP contribution in [0.4, 0.5) is 15.3 Å². The second-order valence-electron chi connectivity index (χ2n) is 29.6. The molecule has 0 aliphatic carbocycles. The Hall–Kier alpha value is -8.40. The van der Waals surface area contributed by atoms with Gasteiger partial charge in [0.1, 0.15) is 37.3 Å². The van der Waals surface area contributed by atoms with Gasteiger partial charge in [0.15, 0.2) is 0 Å². The monoisotopic (exact) mass is 1600 g/mol. The Labute approximate surface area is 665 Å². The fourth-order valence-corrected chi connectivity index (χ4v) is 13.1. The maximum absolute atomic E-state index is 14.9. The first-order valence-electron chi connectivity index (χ1n) is 38.9. The molecule has 36 heteroatoms. The Morgan fingerprint density at radius 1 is 0.664 bits per heavy atom. The number of amides is 11. The van der Waals surface area contributed by atoms with E-state index in [2.05, 4.69) is 37.2 Å². The second-order valence-corrected chi connectivity index (χ2v) is 29.6. The standard InChI is InChI=1S/C77H132N16O20/c1-15-51(8)67(61(107-13)43-63(95)92-34-22-27-60(92)69(108-14)52(9)70(97)84-53(10)68(96)55-23-17-16-18-24-55)89(11)75(102)65(49(4)5)88-74(101)66(50(6)7)90(12)77(104)113-46-54-28-30-57(31-29-54)85-72(99)59(26-21-33-83-76(80)103)86-73(100)64(48(2)3)87-71(98)58(79)25-19-20-32-82-62(94)45-91(81)44-56(78)47-112-42-41-111-40-39-110-38-37-109-36-35-93(105)106/h16-18,23-24,28-31,44,48-53,58-61,64-69,96,105-106H,15,19-22,25-27,32-43,45-47,78-79,81H2,1-14H3,(H,82,94)(H,84,97)(H,85,99)(H,86,100)(H,87,98)(H,88,101)(H3,80,83,103)/b56-44-/t51-,52+,53+,58-,59-,60-,61+,64-,65-,66-,67-,68+,69+/m0/s1. The first-order valence-corrected chi connectivity index (χ1v) is 38.9. The summed E-state index contributed by atoms with van der Waals surface area (Å²) in [5.74, 6) is -0.214. The topological polar surface area (TPSA) is 500 Å². The number of hydrazine groups is 1. The number of nitrogens with one attached hydrogen (secondary N) is 7. The Bertz CT molecular complexity index is 3230. The van der Waals surface area contributed by atoms with E-state index in [9.17, 15) is 53.1 Å². The van der Waals surface area contributed by atoms with Gasteiger partial charge in [0.05, 0.1) is 120 Å². The molecule has 0 saturated carbocycles. The van der Waals surface area contributed by atoms with Crippen molar-refractivity contribution in [2.75, 3.05) is 119 Å². The fraction of sp³-hybridized carbons (Fsp3) is 0.688. The lowest BCUT2D eigenvalue weighted by molar-refractivity contribution is -0.310. The summed E-state index contributed by atoms with van der Waals surface area (Å²) >= 11 is 0. The average molecular weight is 1600 g/mol. The number of carbonyl (C=O) groups excluding carboxylic acids is 10. The van der Waals surface area contributed by atoms with Crippen LogP contribution in [0.1, 0.15) is 144 Å². The van der Waals surface area contributed by atoms with Gasteiger partial charge in [-0.25, -0.2) is 15.4 Å². The van der Waals surface area contributed by atoms with Gasteiger partial charge in [-0.3, -0.25) is 53.7 Å². The fourth-order valence-electron chi connectivity index (χ4n) is 13.1. The molecule has 1 aliphatic heterocycles. The number of hydrogen-bond acceptors (Lipinski definition) is 25. The normalized spacial score (nSPS) is 16.3. The number of urea groups is 1. The van der Waals surface area contributed by atoms with Gasteiger partial charge in [-0.15, -0.1) is 0 Å². The van der Waals surface area contributed by atoms with E-state index in [-0.39, 0.29) is 119 Å². The lowest BCUT2D eigenvalue weighted by Gasteiger charge is -2.41. The highest BCUT2D eigenvalue weighted by Crippen LogP contribution is 2.31. The summed E-state index contributed by atoms with van der Waals surface area (Å²) in [6, 6.07) is 7.37. The van der Waals surface area contributed by atoms with E-state index in [4.69, 9.17) is 66.6 Å². The molecule has 1 saturated heterocycles. The number of rotatable bonds is 55. The van der Waals surface area contributed by atoms with Crippen LogP contribution in [0.2, 0.25) is 0 Å². The van der Waals surface area contributed by atoms with Crippen molar-refractivity contribution in [1.82, 2.24) is 56.8 Å². The number of nitrogens with two attached hydrogens (primary N) is 4. The van der Waals surface area contributed by atoms with Crippen molar-refractivity contribution in [3.8, 4) is 0 Å². The van der Waals surface area contributed by atoms with Gasteiger partial charge in [-0.05, 0) is 98.8 Å². The summed E-state index contributed by atoms with van der Waals surface area (Å²) in [5.41, 5.74) is 19.3. The highest BCUT2D eigenvalue weighted by molar-refractivity contribution is 5.99. The number of likely N-dealkylation sites (N-methyl/N-ethyl adjacent to an activating group) is 2. The zero-order valence-electron chi connectivity index (χ0n) is 68.6. The van der Waals surface area contributed by atoms with Crippen LogP contribution in [0.15, 0.2) is 66.5 Å². The molecule has 18 N–H and O–H groups in total. The number of aliphatic hydroxyl groups excluding tert-OH is 1. The molecule has 0 aromatic heterocycles. The molecule has 1 fully saturated rings. The van der Waals surface area contributed by atoms with Crippen LogP contribution in [0, 0.1) is 29.6 Å². The van der Waals surface area contributed by atoms with Gasteiger partial charge < -0.3 is 107 Å². The molecule has 11 amide bonds. The minimum Gasteiger partial charge on any atom is -0.445 e. The molecule has 2 aromatic carbocycles. The lowest BCUT2D eigenvalue weighted by Crippen LogP contribution is -2.60. The largest absolute Gasteiger partial charge is 0.445 e. The zero-order valence-corrected chi connectivity index (χ0v) is 68.6. The molecule has 1 heterocycles. The lowest BCUT2D eigenvalue weighted by atomic mass is 9.89. The maximum atomic E-state index is 14.9. The van der Waals surface area contributed by atoms with Gasteiger partial charge in [-0.2, -0.15) is 0 Å². The average Bonchev–Trinajstić information content (AvgIpc) is 1.42. The summed E-state index contributed by atoms with van der Waals surface area (Å²) in [6.07, 6.45) is 1.23. The number of benzene rings is 2. The molecule has 1 aliphatic rings. The molecule has 0 bridgehead atoms. The molecule has 13 atom stereocenters. The van der Waals surface area contributed by atoms with Gasteiger partial charge in [0, 0.05) is 59.8 Å². The van der Waals surface area contributed by atoms with Crippen molar-refractivity contribution in [1.29, 1.82) is 0 Å². The van der Waals surface area contributed by atoms with E-state index >= 15 is 0 Å². The molecular formula is C77H132N16O20. The van der Waals surface area contributed by atoms with E-state index in [1.165, 1.54) is 27.5 Å². The van der Waals surface area contributed by atoms with Crippen LogP contribution in [0.5, 0.6) is 0 Å². The number of hydroxylamine groups is 2. The number of primary amides is 1. The number of anilines is 1. The van der Waals surface area contributed by atoms with E-state index in [1.807, 2.05) is 32.0 Å². The molecule has 640 valence electrons. The molecule has 0 unspecified atom stereocenters. The number of nitrogens with zero attached hydrogens (tertiary/aromatic N) is 5. The predicted molar refractivity (Wildman–Crippen MR) is 421 cm³/mol. The molecular weight excluding hydrogens is 1470 g/mol. The number of aliphatic hydroxyl groups is 1. The number of hydrogen-bond donors (Lipinski definition) is 14. The summed E-state index contributed by atoms with van der Waals surface area (Å²) in [5, 5.41) is 48.8. The Balaban J connectivity index is 1.57. The van der Waals surface area contributed by atoms with E-state index in [1.54, 1.807) is 109 Å². The van der Waals surface area contributed by atoms with Crippen molar-refractivity contribution in [3.05, 3.63) is 77.6 Å². The van der Waals surface area contributed by atoms with Crippen molar-refractivity contribution < 1.29 is 96.6 Å². The number of likely N-dealkylation sites (tertiary alicyclic amines) is 1. The number of methoxy groups -OCH3 is 2. The third kappa shape index (κ3) is 35.5. The highest BCUT2D eigenvalue weighted by atomic mass is 16.8. The first kappa shape index (κ1) is 98.8. The van der Waals surface area contributed by atoms with Gasteiger partial charge in [0.2, 0.25) is 47.3 Å². The first-order chi connectivity index (χ1) is 53.6. The quantitative estimate of drug-likeness (QED) is 0.0257. The molecule has 2 aromatic rings. The number of unbranched alkanes of at least 4 members (excludes halogenated alkanes) is 1. The minimum atomic E-state index is -1.17. The second kappa shape index (κ2) is 52.9. The van der Waals surface area contributed by atoms with Crippen molar-refractivity contribution >= 4 is 65.1 Å². The van der Waals surface area contributed by atoms with Crippen LogP contribution < -0.4 is 60.3 Å². The minimum absolute atomic E-state index is 0.0365. The molecule has 0 spiro atoms. The Morgan fingerprint density at radius 3 is 1.84 bits per heavy atom. The van der Waals surface area contributed by atoms with Crippen LogP contribution in [0.25, 0.3) is 0 Å². The molecule has 0 radical (unpaired) electrons. The predicted octanol–water partition coefficient (Wildman–Crippen LogP) is 2.33. The van der Waals surface area contributed by atoms with Crippen LogP contribution >= 0.6 is 0 Å². The smallest absolute Gasteiger partial charge is 0.410 e. The number of ether oxygens (including phenoxy) is 7. The zero-order chi connectivity index (χ0) is 84.4. The van der Waals surface area contributed by atoms with Crippen molar-refractivity contribution in [2.45, 2.75) is 200 Å². The SMILES string of the molecule is CC[C@H](C)[C@@H]([C@@H](CC(=O)N1CCC[C@H]1[C@H](OC)[C@@H](C)C(=O)N[C@H](C)[C@@H](O)c1ccccc1)OC)N(C)C(=O)[C@@H](NC(=O)[C@H](C(C)C)N(C)C(=O)OCc1ccc(NC(=O)[C@H](CCCNC(N)=O)NC(=O)[C@@H](NC(=O)[C@@H](N)CCCCNC(=O)CN(N)/C=C(\N)COCCOCCOCCOCCN(O)O)C(C)C)cc1)C(C)C. The number of carbonyl (C=O) groups is 10. The third-order valence-electron chi connectivity index (χ3n) is 19.6. The van der Waals surface area contributed by atoms with Crippen LogP contribution in [-0.4, -0.2) is 274 Å². The van der Waals surface area contributed by atoms with Crippen molar-refractivity contribution in [3.63, 3.8) is 0 Å². The Morgan fingerprint density at radius 2 is 1.27 bits per heavy atom. The van der Waals surface area contributed by atoms with Gasteiger partial charge in [-0.1, -0.05) is 116 Å².